The van der Waals surface area contributed by atoms with Crippen molar-refractivity contribution in [3.63, 3.8) is 0 Å². The number of hydrogen-bond donors (Lipinski definition) is 1. The van der Waals surface area contributed by atoms with Gasteiger partial charge in [0.1, 0.15) is 22.9 Å². The second kappa shape index (κ2) is 10.8. The highest BCUT2D eigenvalue weighted by Gasteiger charge is 2.12. The minimum atomic E-state index is -0.381. The van der Waals surface area contributed by atoms with Crippen LogP contribution >= 0.6 is 0 Å². The van der Waals surface area contributed by atoms with Crippen LogP contribution in [0.3, 0.4) is 0 Å². The van der Waals surface area contributed by atoms with Crippen molar-refractivity contribution >= 4 is 12.1 Å². The molecule has 4 aromatic rings. The molecule has 0 fully saturated rings. The zero-order chi connectivity index (χ0) is 23.8. The lowest BCUT2D eigenvalue weighted by Gasteiger charge is -2.06. The van der Waals surface area contributed by atoms with Crippen molar-refractivity contribution in [2.75, 3.05) is 20.8 Å². The Kier molecular flexibility index (Phi) is 7.19. The van der Waals surface area contributed by atoms with Gasteiger partial charge in [-0.2, -0.15) is 10.2 Å². The summed E-state index contributed by atoms with van der Waals surface area (Å²) in [5.74, 6) is 1.65. The molecule has 34 heavy (non-hydrogen) atoms. The summed E-state index contributed by atoms with van der Waals surface area (Å²) in [6.45, 7) is -0.168. The first kappa shape index (κ1) is 22.6. The van der Waals surface area contributed by atoms with Gasteiger partial charge in [-0.05, 0) is 60.7 Å². The molecule has 0 atom stereocenters. The molecule has 4 rings (SSSR count). The first-order valence-electron chi connectivity index (χ1n) is 10.5. The molecule has 0 aliphatic rings. The van der Waals surface area contributed by atoms with E-state index in [-0.39, 0.29) is 12.5 Å². The van der Waals surface area contributed by atoms with Crippen molar-refractivity contribution < 1.29 is 19.0 Å². The predicted octanol–water partition coefficient (Wildman–Crippen LogP) is 4.09. The summed E-state index contributed by atoms with van der Waals surface area (Å²) in [4.78, 5) is 12.2. The van der Waals surface area contributed by atoms with E-state index in [1.54, 1.807) is 49.4 Å². The molecule has 0 radical (unpaired) electrons. The van der Waals surface area contributed by atoms with Crippen molar-refractivity contribution in [2.24, 2.45) is 5.10 Å². The number of hydrogen-bond acceptors (Lipinski definition) is 6. The molecule has 8 nitrogen and oxygen atoms in total. The summed E-state index contributed by atoms with van der Waals surface area (Å²) in [6, 6.07) is 24.3. The molecule has 172 valence electrons. The number of ether oxygens (including phenoxy) is 3. The van der Waals surface area contributed by atoms with Gasteiger partial charge in [0, 0.05) is 17.3 Å². The van der Waals surface area contributed by atoms with Gasteiger partial charge in [0.05, 0.1) is 26.1 Å². The van der Waals surface area contributed by atoms with E-state index in [1.165, 1.54) is 0 Å². The van der Waals surface area contributed by atoms with Gasteiger partial charge in [0.15, 0.2) is 6.61 Å². The van der Waals surface area contributed by atoms with Crippen molar-refractivity contribution in [3.05, 3.63) is 90.6 Å². The van der Waals surface area contributed by atoms with Crippen LogP contribution < -0.4 is 19.6 Å². The monoisotopic (exact) mass is 456 g/mol. The second-order valence-electron chi connectivity index (χ2n) is 7.20. The van der Waals surface area contributed by atoms with Crippen LogP contribution in [0.15, 0.2) is 90.2 Å². The van der Waals surface area contributed by atoms with E-state index in [2.05, 4.69) is 10.5 Å². The molecule has 0 spiro atoms. The lowest BCUT2D eigenvalue weighted by atomic mass is 10.1. The Morgan fingerprint density at radius 3 is 2.18 bits per heavy atom. The first-order chi connectivity index (χ1) is 16.7. The molecule has 0 aliphatic carbocycles. The Hall–Kier alpha value is -4.59. The van der Waals surface area contributed by atoms with Crippen LogP contribution in [0.1, 0.15) is 5.56 Å². The molecule has 1 N–H and O–H groups in total. The van der Waals surface area contributed by atoms with Crippen molar-refractivity contribution in [2.45, 2.75) is 0 Å². The number of nitrogens with zero attached hydrogens (tertiary/aromatic N) is 3. The van der Waals surface area contributed by atoms with Crippen LogP contribution in [-0.4, -0.2) is 42.7 Å². The molecule has 1 aromatic heterocycles. The number of rotatable bonds is 9. The maximum Gasteiger partial charge on any atom is 0.277 e. The lowest BCUT2D eigenvalue weighted by Crippen LogP contribution is -2.24. The Balaban J connectivity index is 1.47. The Bertz CT molecular complexity index is 1250. The summed E-state index contributed by atoms with van der Waals surface area (Å²) in [5.41, 5.74) is 5.76. The van der Waals surface area contributed by atoms with Crippen LogP contribution in [0, 0.1) is 0 Å². The summed E-state index contributed by atoms with van der Waals surface area (Å²) < 4.78 is 17.6. The zero-order valence-electron chi connectivity index (χ0n) is 18.8. The number of aromatic nitrogens is 2. The minimum Gasteiger partial charge on any atom is -0.497 e. The molecular weight excluding hydrogens is 432 g/mol. The van der Waals surface area contributed by atoms with Gasteiger partial charge in [-0.15, -0.1) is 0 Å². The third-order valence-electron chi connectivity index (χ3n) is 4.95. The standard InChI is InChI=1S/C26H24N4O4/c1-32-22-10-8-19(9-11-22)26-20(17-30(29-26)21-6-4-3-5-7-21)16-27-28-25(31)18-34-24-14-12-23(33-2)13-15-24/h3-17H,18H2,1-2H3,(H,28,31). The van der Waals surface area contributed by atoms with Crippen LogP contribution in [-0.2, 0) is 4.79 Å². The average molecular weight is 457 g/mol. The number of hydrazone groups is 1. The van der Waals surface area contributed by atoms with E-state index in [9.17, 15) is 4.79 Å². The van der Waals surface area contributed by atoms with Crippen molar-refractivity contribution in [1.82, 2.24) is 15.2 Å². The van der Waals surface area contributed by atoms with Gasteiger partial charge in [-0.25, -0.2) is 10.1 Å². The van der Waals surface area contributed by atoms with Crippen molar-refractivity contribution in [1.29, 1.82) is 0 Å². The van der Waals surface area contributed by atoms with E-state index < -0.39 is 0 Å². The van der Waals surface area contributed by atoms with Gasteiger partial charge in [-0.3, -0.25) is 4.79 Å². The van der Waals surface area contributed by atoms with Crippen molar-refractivity contribution in [3.8, 4) is 34.2 Å². The number of carbonyl (C=O) groups is 1. The lowest BCUT2D eigenvalue weighted by molar-refractivity contribution is -0.123. The molecule has 0 saturated carbocycles. The van der Waals surface area contributed by atoms with Crippen LogP contribution in [0.4, 0.5) is 0 Å². The molecule has 3 aromatic carbocycles. The molecule has 0 bridgehead atoms. The fourth-order valence-electron chi connectivity index (χ4n) is 3.19. The van der Waals surface area contributed by atoms with E-state index >= 15 is 0 Å². The molecule has 0 unspecified atom stereocenters. The first-order valence-corrected chi connectivity index (χ1v) is 10.5. The van der Waals surface area contributed by atoms with Gasteiger partial charge in [0.2, 0.25) is 0 Å². The van der Waals surface area contributed by atoms with E-state index in [1.807, 2.05) is 60.8 Å². The van der Waals surface area contributed by atoms with Gasteiger partial charge < -0.3 is 14.2 Å². The predicted molar refractivity (Wildman–Crippen MR) is 130 cm³/mol. The fourth-order valence-corrected chi connectivity index (χ4v) is 3.19. The number of methoxy groups -OCH3 is 2. The second-order valence-corrected chi connectivity index (χ2v) is 7.20. The number of benzene rings is 3. The van der Waals surface area contributed by atoms with Crippen LogP contribution in [0.5, 0.6) is 17.2 Å². The van der Waals surface area contributed by atoms with E-state index in [4.69, 9.17) is 19.3 Å². The Morgan fingerprint density at radius 2 is 1.53 bits per heavy atom. The maximum atomic E-state index is 12.2. The van der Waals surface area contributed by atoms with Gasteiger partial charge in [-0.1, -0.05) is 18.2 Å². The topological polar surface area (TPSA) is 87.0 Å². The van der Waals surface area contributed by atoms with Gasteiger partial charge in [0.25, 0.3) is 5.91 Å². The normalized spacial score (nSPS) is 10.8. The van der Waals surface area contributed by atoms with Gasteiger partial charge >= 0.3 is 0 Å². The van der Waals surface area contributed by atoms with E-state index in [0.717, 1.165) is 28.3 Å². The molecular formula is C26H24N4O4. The molecule has 0 aliphatic heterocycles. The minimum absolute atomic E-state index is 0.168. The third-order valence-corrected chi connectivity index (χ3v) is 4.95. The summed E-state index contributed by atoms with van der Waals surface area (Å²) in [6.07, 6.45) is 3.43. The molecule has 0 saturated heterocycles. The highest BCUT2D eigenvalue weighted by atomic mass is 16.5. The highest BCUT2D eigenvalue weighted by Crippen LogP contribution is 2.25. The molecule has 1 heterocycles. The maximum absolute atomic E-state index is 12.2. The number of amides is 1. The highest BCUT2D eigenvalue weighted by molar-refractivity contribution is 5.89. The number of para-hydroxylation sites is 1. The SMILES string of the molecule is COc1ccc(OCC(=O)NN=Cc2cn(-c3ccccc3)nc2-c2ccc(OC)cc2)cc1. The van der Waals surface area contributed by atoms with E-state index in [0.29, 0.717) is 11.5 Å². The summed E-state index contributed by atoms with van der Waals surface area (Å²) in [7, 11) is 3.21. The average Bonchev–Trinajstić information content (AvgIpc) is 3.32. The summed E-state index contributed by atoms with van der Waals surface area (Å²) in [5, 5.41) is 8.84. The smallest absolute Gasteiger partial charge is 0.277 e. The zero-order valence-corrected chi connectivity index (χ0v) is 18.8. The largest absolute Gasteiger partial charge is 0.497 e. The Labute approximate surface area is 197 Å². The molecule has 1 amide bonds. The van der Waals surface area contributed by atoms with Crippen LogP contribution in [0.2, 0.25) is 0 Å². The molecule has 8 heteroatoms. The Morgan fingerprint density at radius 1 is 0.912 bits per heavy atom. The fraction of sp³-hybridized carbons (Fsp3) is 0.115. The quantitative estimate of drug-likeness (QED) is 0.303. The number of carbonyl (C=O) groups excluding carboxylic acids is 1. The summed E-state index contributed by atoms with van der Waals surface area (Å²) >= 11 is 0. The van der Waals surface area contributed by atoms with Crippen LogP contribution in [0.25, 0.3) is 16.9 Å². The number of nitrogens with one attached hydrogen (secondary N) is 1. The third kappa shape index (κ3) is 5.60.